The average molecular weight is 398 g/mol. The quantitative estimate of drug-likeness (QED) is 0.558. The molecule has 1 saturated heterocycles. The monoisotopic (exact) mass is 397 g/mol. The van der Waals surface area contributed by atoms with E-state index in [1.54, 1.807) is 0 Å². The molecule has 6 nitrogen and oxygen atoms in total. The summed E-state index contributed by atoms with van der Waals surface area (Å²) in [6.07, 6.45) is 6.91. The molecular formula is C23H35N5O. The van der Waals surface area contributed by atoms with Crippen LogP contribution in [0.2, 0.25) is 0 Å². The Bertz CT molecular complexity index is 774. The van der Waals surface area contributed by atoms with E-state index in [1.807, 2.05) is 13.0 Å². The maximum absolute atomic E-state index is 6.01. The lowest BCUT2D eigenvalue weighted by molar-refractivity contribution is 0.237. The smallest absolute Gasteiger partial charge is 0.222 e. The minimum absolute atomic E-state index is 0.322. The lowest BCUT2D eigenvalue weighted by atomic mass is 10.0. The summed E-state index contributed by atoms with van der Waals surface area (Å²) in [6.45, 7) is 9.25. The first-order valence-electron chi connectivity index (χ1n) is 11.0. The highest BCUT2D eigenvalue weighted by molar-refractivity contribution is 5.51. The van der Waals surface area contributed by atoms with Crippen molar-refractivity contribution in [2.24, 2.45) is 0 Å². The molecule has 158 valence electrons. The van der Waals surface area contributed by atoms with Crippen molar-refractivity contribution in [3.05, 3.63) is 41.1 Å². The Labute approximate surface area is 174 Å². The number of hydrogen-bond acceptors (Lipinski definition) is 6. The van der Waals surface area contributed by atoms with Gasteiger partial charge in [0.15, 0.2) is 0 Å². The second-order valence-electron chi connectivity index (χ2n) is 7.85. The Hall–Kier alpha value is -2.34. The van der Waals surface area contributed by atoms with Gasteiger partial charge >= 0.3 is 0 Å². The van der Waals surface area contributed by atoms with Crippen LogP contribution in [0.3, 0.4) is 0 Å². The first kappa shape index (κ1) is 21.4. The fraction of sp³-hybridized carbons (Fsp3) is 0.565. The summed E-state index contributed by atoms with van der Waals surface area (Å²) in [7, 11) is 0. The van der Waals surface area contributed by atoms with Crippen molar-refractivity contribution in [3.8, 4) is 5.75 Å². The molecule has 1 aromatic carbocycles. The highest BCUT2D eigenvalue weighted by Gasteiger charge is 2.13. The summed E-state index contributed by atoms with van der Waals surface area (Å²) in [6, 6.07) is 8.34. The zero-order chi connectivity index (χ0) is 20.5. The third-order valence-corrected chi connectivity index (χ3v) is 5.46. The van der Waals surface area contributed by atoms with Crippen molar-refractivity contribution < 1.29 is 4.74 Å². The van der Waals surface area contributed by atoms with Gasteiger partial charge in [-0.2, -0.15) is 4.98 Å². The van der Waals surface area contributed by atoms with Gasteiger partial charge in [-0.25, -0.2) is 4.98 Å². The van der Waals surface area contributed by atoms with Gasteiger partial charge in [-0.15, -0.1) is 0 Å². The third kappa shape index (κ3) is 6.60. The van der Waals surface area contributed by atoms with Crippen molar-refractivity contribution >= 4 is 11.8 Å². The Morgan fingerprint density at radius 1 is 1.17 bits per heavy atom. The van der Waals surface area contributed by atoms with E-state index in [2.05, 4.69) is 45.3 Å². The number of aryl methyl sites for hydroxylation is 1. The van der Waals surface area contributed by atoms with Crippen LogP contribution in [-0.2, 0) is 6.42 Å². The van der Waals surface area contributed by atoms with Gasteiger partial charge in [0.05, 0.1) is 0 Å². The number of aromatic nitrogens is 2. The molecule has 0 atom stereocenters. The fourth-order valence-corrected chi connectivity index (χ4v) is 3.81. The predicted octanol–water partition coefficient (Wildman–Crippen LogP) is 4.03. The molecule has 29 heavy (non-hydrogen) atoms. The van der Waals surface area contributed by atoms with E-state index >= 15 is 0 Å². The van der Waals surface area contributed by atoms with Crippen LogP contribution < -0.4 is 15.8 Å². The number of rotatable bonds is 11. The Morgan fingerprint density at radius 2 is 2.00 bits per heavy atom. The lowest BCUT2D eigenvalue weighted by Gasteiger charge is -2.16. The molecule has 1 aliphatic rings. The molecule has 3 N–H and O–H groups in total. The molecular weight excluding hydrogens is 362 g/mol. The van der Waals surface area contributed by atoms with Gasteiger partial charge in [0.2, 0.25) is 5.95 Å². The molecule has 0 saturated carbocycles. The number of nitrogens with one attached hydrogen (secondary N) is 1. The van der Waals surface area contributed by atoms with Gasteiger partial charge in [-0.1, -0.05) is 31.9 Å². The normalized spacial score (nSPS) is 14.3. The number of benzene rings is 1. The maximum Gasteiger partial charge on any atom is 0.222 e. The number of unbranched alkanes of at least 4 members (excludes halogenated alkanes) is 2. The second-order valence-corrected chi connectivity index (χ2v) is 7.85. The second kappa shape index (κ2) is 11.0. The standard InChI is InChI=1S/C23H35N5O/c1-3-4-5-11-25-22-21(18(2)26-23(24)27-22)17-19-9-8-10-20(16-19)29-15-14-28-12-6-7-13-28/h8-10,16H,3-7,11-15,17H2,1-2H3,(H3,24,25,26,27). The zero-order valence-electron chi connectivity index (χ0n) is 17.9. The first-order valence-corrected chi connectivity index (χ1v) is 11.0. The number of nitrogens with two attached hydrogens (primary N) is 1. The molecule has 2 aromatic rings. The van der Waals surface area contributed by atoms with Gasteiger partial charge in [0, 0.05) is 30.8 Å². The largest absolute Gasteiger partial charge is 0.492 e. The van der Waals surface area contributed by atoms with E-state index in [-0.39, 0.29) is 0 Å². The molecule has 0 aliphatic carbocycles. The molecule has 1 fully saturated rings. The summed E-state index contributed by atoms with van der Waals surface area (Å²) in [5, 5.41) is 3.46. The van der Waals surface area contributed by atoms with E-state index < -0.39 is 0 Å². The van der Waals surface area contributed by atoms with E-state index in [0.29, 0.717) is 5.95 Å². The van der Waals surface area contributed by atoms with E-state index in [9.17, 15) is 0 Å². The Balaban J connectivity index is 1.63. The Kier molecular flexibility index (Phi) is 8.11. The SMILES string of the molecule is CCCCCNc1nc(N)nc(C)c1Cc1cccc(OCCN2CCCC2)c1. The van der Waals surface area contributed by atoms with Crippen LogP contribution >= 0.6 is 0 Å². The number of nitrogens with zero attached hydrogens (tertiary/aromatic N) is 3. The molecule has 0 unspecified atom stereocenters. The van der Waals surface area contributed by atoms with Crippen LogP contribution in [0, 0.1) is 6.92 Å². The van der Waals surface area contributed by atoms with Crippen LogP contribution in [-0.4, -0.2) is 47.7 Å². The molecule has 3 rings (SSSR count). The molecule has 1 aliphatic heterocycles. The molecule has 0 radical (unpaired) electrons. The number of hydrogen-bond donors (Lipinski definition) is 2. The van der Waals surface area contributed by atoms with Crippen molar-refractivity contribution in [2.45, 2.75) is 52.4 Å². The third-order valence-electron chi connectivity index (χ3n) is 5.46. The Morgan fingerprint density at radius 3 is 2.79 bits per heavy atom. The van der Waals surface area contributed by atoms with Crippen LogP contribution in [0.4, 0.5) is 11.8 Å². The van der Waals surface area contributed by atoms with Crippen LogP contribution in [0.25, 0.3) is 0 Å². The highest BCUT2D eigenvalue weighted by Crippen LogP contribution is 2.23. The van der Waals surface area contributed by atoms with Gasteiger partial charge in [0.25, 0.3) is 0 Å². The summed E-state index contributed by atoms with van der Waals surface area (Å²) < 4.78 is 6.01. The van der Waals surface area contributed by atoms with Crippen molar-refractivity contribution in [3.63, 3.8) is 0 Å². The minimum atomic E-state index is 0.322. The summed E-state index contributed by atoms with van der Waals surface area (Å²) in [4.78, 5) is 11.3. The molecule has 1 aromatic heterocycles. The van der Waals surface area contributed by atoms with Crippen LogP contribution in [0.1, 0.15) is 55.8 Å². The highest BCUT2D eigenvalue weighted by atomic mass is 16.5. The lowest BCUT2D eigenvalue weighted by Crippen LogP contribution is -2.25. The molecule has 2 heterocycles. The zero-order valence-corrected chi connectivity index (χ0v) is 17.9. The van der Waals surface area contributed by atoms with Gasteiger partial charge in [-0.3, -0.25) is 4.90 Å². The maximum atomic E-state index is 6.01. The fourth-order valence-electron chi connectivity index (χ4n) is 3.81. The predicted molar refractivity (Wildman–Crippen MR) is 120 cm³/mol. The van der Waals surface area contributed by atoms with Crippen molar-refractivity contribution in [1.29, 1.82) is 0 Å². The summed E-state index contributed by atoms with van der Waals surface area (Å²) in [5.74, 6) is 2.10. The molecule has 0 spiro atoms. The molecule has 0 bridgehead atoms. The van der Waals surface area contributed by atoms with Gasteiger partial charge in [-0.05, 0) is 57.0 Å². The summed E-state index contributed by atoms with van der Waals surface area (Å²) >= 11 is 0. The van der Waals surface area contributed by atoms with Crippen LogP contribution in [0.15, 0.2) is 24.3 Å². The van der Waals surface area contributed by atoms with Crippen molar-refractivity contribution in [2.75, 3.05) is 43.8 Å². The summed E-state index contributed by atoms with van der Waals surface area (Å²) in [5.41, 5.74) is 9.12. The molecule has 0 amide bonds. The van der Waals surface area contributed by atoms with Crippen LogP contribution in [0.5, 0.6) is 5.75 Å². The van der Waals surface area contributed by atoms with Gasteiger partial charge in [0.1, 0.15) is 18.2 Å². The number of ether oxygens (including phenoxy) is 1. The van der Waals surface area contributed by atoms with Crippen molar-refractivity contribution in [1.82, 2.24) is 14.9 Å². The number of likely N-dealkylation sites (tertiary alicyclic amines) is 1. The molecule has 6 heteroatoms. The van der Waals surface area contributed by atoms with E-state index in [1.165, 1.54) is 44.3 Å². The van der Waals surface area contributed by atoms with E-state index in [0.717, 1.165) is 55.4 Å². The van der Waals surface area contributed by atoms with E-state index in [4.69, 9.17) is 10.5 Å². The number of anilines is 2. The minimum Gasteiger partial charge on any atom is -0.492 e. The topological polar surface area (TPSA) is 76.3 Å². The average Bonchev–Trinajstić information content (AvgIpc) is 3.21. The first-order chi connectivity index (χ1) is 14.2. The van der Waals surface area contributed by atoms with Gasteiger partial charge < -0.3 is 15.8 Å². The number of nitrogen functional groups attached to an aromatic ring is 1.